The number of hydrogen-bond acceptors (Lipinski definition) is 4. The number of carboxylic acid groups (broad SMARTS) is 1. The SMILES string of the molecule is COc1ccc(C(=O)CCC(=O)O)c2ccc(C(C)C)nc12. The van der Waals surface area contributed by atoms with E-state index in [9.17, 15) is 9.59 Å². The van der Waals surface area contributed by atoms with E-state index in [2.05, 4.69) is 4.98 Å². The molecule has 1 heterocycles. The van der Waals surface area contributed by atoms with Crippen LogP contribution >= 0.6 is 0 Å². The molecule has 0 aliphatic rings. The Morgan fingerprint density at radius 1 is 1.18 bits per heavy atom. The smallest absolute Gasteiger partial charge is 0.303 e. The molecule has 0 atom stereocenters. The first-order chi connectivity index (χ1) is 10.4. The second-order valence-corrected chi connectivity index (χ2v) is 5.42. The Labute approximate surface area is 128 Å². The Kier molecular flexibility index (Phi) is 4.75. The van der Waals surface area contributed by atoms with Crippen LogP contribution in [0.1, 0.15) is 48.7 Å². The van der Waals surface area contributed by atoms with Crippen molar-refractivity contribution in [1.82, 2.24) is 4.98 Å². The molecule has 5 heteroatoms. The molecule has 0 aliphatic heterocycles. The van der Waals surface area contributed by atoms with E-state index in [-0.39, 0.29) is 24.5 Å². The molecule has 0 saturated heterocycles. The van der Waals surface area contributed by atoms with Crippen molar-refractivity contribution in [2.75, 3.05) is 7.11 Å². The molecule has 2 aromatic rings. The van der Waals surface area contributed by atoms with Gasteiger partial charge in [0.05, 0.1) is 13.5 Å². The van der Waals surface area contributed by atoms with E-state index in [1.54, 1.807) is 19.2 Å². The maximum atomic E-state index is 12.2. The lowest BCUT2D eigenvalue weighted by Gasteiger charge is -2.12. The normalized spacial score (nSPS) is 10.9. The summed E-state index contributed by atoms with van der Waals surface area (Å²) in [5, 5.41) is 9.41. The molecule has 0 fully saturated rings. The second kappa shape index (κ2) is 6.56. The van der Waals surface area contributed by atoms with Gasteiger partial charge in [0.1, 0.15) is 11.3 Å². The largest absolute Gasteiger partial charge is 0.494 e. The summed E-state index contributed by atoms with van der Waals surface area (Å²) in [5.41, 5.74) is 2.04. The third-order valence-corrected chi connectivity index (χ3v) is 3.52. The molecule has 0 saturated carbocycles. The van der Waals surface area contributed by atoms with Gasteiger partial charge < -0.3 is 9.84 Å². The number of methoxy groups -OCH3 is 1. The second-order valence-electron chi connectivity index (χ2n) is 5.42. The molecule has 5 nitrogen and oxygen atoms in total. The number of ketones is 1. The lowest BCUT2D eigenvalue weighted by Crippen LogP contribution is -2.05. The molecule has 0 amide bonds. The fraction of sp³-hybridized carbons (Fsp3) is 0.353. The Balaban J connectivity index is 2.52. The Morgan fingerprint density at radius 3 is 2.50 bits per heavy atom. The number of carbonyl (C=O) groups excluding carboxylic acids is 1. The van der Waals surface area contributed by atoms with E-state index in [1.165, 1.54) is 0 Å². The Bertz CT molecular complexity index is 722. The molecule has 0 unspecified atom stereocenters. The first-order valence-corrected chi connectivity index (χ1v) is 7.16. The number of nitrogens with zero attached hydrogens (tertiary/aromatic N) is 1. The van der Waals surface area contributed by atoms with Crippen LogP contribution in [0.2, 0.25) is 0 Å². The number of rotatable bonds is 6. The van der Waals surface area contributed by atoms with Crippen LogP contribution in [0.15, 0.2) is 24.3 Å². The third-order valence-electron chi connectivity index (χ3n) is 3.52. The molecule has 0 spiro atoms. The number of aliphatic carboxylic acids is 1. The first-order valence-electron chi connectivity index (χ1n) is 7.16. The molecule has 1 aromatic carbocycles. The number of Topliss-reactive ketones (excluding diaryl/α,β-unsaturated/α-hetero) is 1. The van der Waals surface area contributed by atoms with Gasteiger partial charge in [-0.1, -0.05) is 19.9 Å². The average Bonchev–Trinajstić information content (AvgIpc) is 2.50. The van der Waals surface area contributed by atoms with Crippen molar-refractivity contribution in [3.05, 3.63) is 35.5 Å². The van der Waals surface area contributed by atoms with Gasteiger partial charge in [-0.2, -0.15) is 0 Å². The Hall–Kier alpha value is -2.43. The standard InChI is InChI=1S/C17H19NO4/c1-10(2)13-6-4-12-11(14(19)7-9-16(20)21)5-8-15(22-3)17(12)18-13/h4-6,8,10H,7,9H2,1-3H3,(H,20,21). The number of fused-ring (bicyclic) bond motifs is 1. The molecule has 1 N–H and O–H groups in total. The summed E-state index contributed by atoms with van der Waals surface area (Å²) in [7, 11) is 1.56. The highest BCUT2D eigenvalue weighted by atomic mass is 16.5. The lowest BCUT2D eigenvalue weighted by atomic mass is 9.99. The van der Waals surface area contributed by atoms with Crippen LogP contribution in [0, 0.1) is 0 Å². The predicted octanol–water partition coefficient (Wildman–Crippen LogP) is 3.41. The maximum Gasteiger partial charge on any atom is 0.303 e. The van der Waals surface area contributed by atoms with Gasteiger partial charge in [-0.15, -0.1) is 0 Å². The van der Waals surface area contributed by atoms with E-state index < -0.39 is 5.97 Å². The summed E-state index contributed by atoms with van der Waals surface area (Å²) < 4.78 is 5.33. The van der Waals surface area contributed by atoms with Gasteiger partial charge in [-0.05, 0) is 24.1 Å². The highest BCUT2D eigenvalue weighted by molar-refractivity contribution is 6.09. The van der Waals surface area contributed by atoms with E-state index in [0.717, 1.165) is 5.69 Å². The zero-order valence-electron chi connectivity index (χ0n) is 12.9. The van der Waals surface area contributed by atoms with E-state index >= 15 is 0 Å². The zero-order chi connectivity index (χ0) is 16.3. The van der Waals surface area contributed by atoms with Gasteiger partial charge in [0.15, 0.2) is 5.78 Å². The van der Waals surface area contributed by atoms with Gasteiger partial charge in [-0.25, -0.2) is 4.98 Å². The molecular formula is C17H19NO4. The highest BCUT2D eigenvalue weighted by Gasteiger charge is 2.16. The summed E-state index contributed by atoms with van der Waals surface area (Å²) in [6.45, 7) is 4.09. The van der Waals surface area contributed by atoms with Crippen molar-refractivity contribution in [1.29, 1.82) is 0 Å². The van der Waals surface area contributed by atoms with Crippen LogP contribution in [0.5, 0.6) is 5.75 Å². The van der Waals surface area contributed by atoms with Gasteiger partial charge in [0, 0.05) is 23.1 Å². The third kappa shape index (κ3) is 3.24. The summed E-state index contributed by atoms with van der Waals surface area (Å²) in [4.78, 5) is 27.5. The van der Waals surface area contributed by atoms with Crippen LogP contribution in [-0.4, -0.2) is 29.0 Å². The molecule has 0 radical (unpaired) electrons. The Morgan fingerprint density at radius 2 is 1.91 bits per heavy atom. The zero-order valence-corrected chi connectivity index (χ0v) is 12.9. The van der Waals surface area contributed by atoms with Gasteiger partial charge >= 0.3 is 5.97 Å². The lowest BCUT2D eigenvalue weighted by molar-refractivity contribution is -0.136. The molecule has 0 bridgehead atoms. The van der Waals surface area contributed by atoms with Gasteiger partial charge in [0.2, 0.25) is 0 Å². The number of pyridine rings is 1. The quantitative estimate of drug-likeness (QED) is 0.827. The van der Waals surface area contributed by atoms with Crippen molar-refractivity contribution in [2.24, 2.45) is 0 Å². The number of aromatic nitrogens is 1. The number of ether oxygens (including phenoxy) is 1. The van der Waals surface area contributed by atoms with Crippen molar-refractivity contribution in [3.8, 4) is 5.75 Å². The molecule has 2 rings (SSSR count). The fourth-order valence-electron chi connectivity index (χ4n) is 2.29. The van der Waals surface area contributed by atoms with Crippen LogP contribution in [0.25, 0.3) is 10.9 Å². The van der Waals surface area contributed by atoms with E-state index in [1.807, 2.05) is 26.0 Å². The van der Waals surface area contributed by atoms with Gasteiger partial charge in [-0.3, -0.25) is 9.59 Å². The van der Waals surface area contributed by atoms with Crippen LogP contribution < -0.4 is 4.74 Å². The minimum Gasteiger partial charge on any atom is -0.494 e. The molecular weight excluding hydrogens is 282 g/mol. The number of hydrogen-bond donors (Lipinski definition) is 1. The molecule has 116 valence electrons. The average molecular weight is 301 g/mol. The maximum absolute atomic E-state index is 12.2. The topological polar surface area (TPSA) is 76.5 Å². The number of carbonyl (C=O) groups is 2. The minimum atomic E-state index is -0.980. The summed E-state index contributed by atoms with van der Waals surface area (Å²) >= 11 is 0. The summed E-state index contributed by atoms with van der Waals surface area (Å²) in [6, 6.07) is 7.12. The van der Waals surface area contributed by atoms with Crippen molar-refractivity contribution in [3.63, 3.8) is 0 Å². The van der Waals surface area contributed by atoms with Crippen LogP contribution in [-0.2, 0) is 4.79 Å². The fourth-order valence-corrected chi connectivity index (χ4v) is 2.29. The van der Waals surface area contributed by atoms with E-state index in [4.69, 9.17) is 9.84 Å². The molecule has 0 aliphatic carbocycles. The van der Waals surface area contributed by atoms with E-state index in [0.29, 0.717) is 22.2 Å². The predicted molar refractivity (Wildman–Crippen MR) is 83.6 cm³/mol. The minimum absolute atomic E-state index is 0.0251. The first kappa shape index (κ1) is 15.9. The molecule has 1 aromatic heterocycles. The number of carboxylic acids is 1. The number of benzene rings is 1. The summed E-state index contributed by atoms with van der Waals surface area (Å²) in [6.07, 6.45) is -0.202. The monoisotopic (exact) mass is 301 g/mol. The van der Waals surface area contributed by atoms with Crippen molar-refractivity contribution in [2.45, 2.75) is 32.6 Å². The van der Waals surface area contributed by atoms with Crippen LogP contribution in [0.4, 0.5) is 0 Å². The van der Waals surface area contributed by atoms with Crippen molar-refractivity contribution >= 4 is 22.7 Å². The summed E-state index contributed by atoms with van der Waals surface area (Å²) in [5.74, 6) is -0.312. The molecule has 22 heavy (non-hydrogen) atoms. The highest BCUT2D eigenvalue weighted by Crippen LogP contribution is 2.29. The van der Waals surface area contributed by atoms with Gasteiger partial charge in [0.25, 0.3) is 0 Å². The van der Waals surface area contributed by atoms with Crippen LogP contribution in [0.3, 0.4) is 0 Å². The van der Waals surface area contributed by atoms with Crippen molar-refractivity contribution < 1.29 is 19.4 Å².